The maximum absolute atomic E-state index is 12.7. The topological polar surface area (TPSA) is 106 Å². The molecule has 184 valence electrons. The highest BCUT2D eigenvalue weighted by Crippen LogP contribution is 2.67. The molecule has 8 nitrogen and oxygen atoms in total. The number of benzene rings is 1. The molecule has 1 atom stereocenters. The van der Waals surface area contributed by atoms with Gasteiger partial charge < -0.3 is 10.1 Å². The third-order valence-corrected chi connectivity index (χ3v) is 7.46. The number of aryl methyl sites for hydroxylation is 1. The van der Waals surface area contributed by atoms with Crippen molar-refractivity contribution in [2.24, 2.45) is 11.3 Å². The molecule has 1 aromatic carbocycles. The summed E-state index contributed by atoms with van der Waals surface area (Å²) in [6.45, 7) is 0. The van der Waals surface area contributed by atoms with E-state index in [0.717, 1.165) is 5.56 Å². The predicted molar refractivity (Wildman–Crippen MR) is 111 cm³/mol. The number of hydrogen-bond donors (Lipinski definition) is 3. The lowest BCUT2D eigenvalue weighted by Crippen LogP contribution is -2.79. The summed E-state index contributed by atoms with van der Waals surface area (Å²) < 4.78 is 46.2. The van der Waals surface area contributed by atoms with Gasteiger partial charge >= 0.3 is 6.36 Å². The van der Waals surface area contributed by atoms with Crippen molar-refractivity contribution in [1.82, 2.24) is 16.2 Å². The molecule has 0 aromatic heterocycles. The van der Waals surface area contributed by atoms with Gasteiger partial charge in [0.25, 0.3) is 5.91 Å². The molecule has 4 fully saturated rings. The summed E-state index contributed by atoms with van der Waals surface area (Å²) in [7, 11) is 0. The van der Waals surface area contributed by atoms with Gasteiger partial charge in [0.2, 0.25) is 11.8 Å². The van der Waals surface area contributed by atoms with Crippen LogP contribution in [0.25, 0.3) is 0 Å². The highest BCUT2D eigenvalue weighted by Gasteiger charge is 2.72. The van der Waals surface area contributed by atoms with Crippen LogP contribution >= 0.6 is 11.6 Å². The minimum Gasteiger partial charge on any atom is -0.480 e. The largest absolute Gasteiger partial charge is 0.522 e. The van der Waals surface area contributed by atoms with Crippen LogP contribution in [0.4, 0.5) is 13.2 Å². The van der Waals surface area contributed by atoms with Gasteiger partial charge in [0.1, 0.15) is 5.75 Å². The van der Waals surface area contributed by atoms with Crippen LogP contribution in [0.2, 0.25) is 5.02 Å². The van der Waals surface area contributed by atoms with E-state index in [1.165, 1.54) is 0 Å². The molecule has 4 saturated carbocycles. The number of ether oxygens (including phenoxy) is 2. The second-order valence-corrected chi connectivity index (χ2v) is 10.2. The first-order chi connectivity index (χ1) is 16.0. The van der Waals surface area contributed by atoms with Crippen molar-refractivity contribution in [3.63, 3.8) is 0 Å². The summed E-state index contributed by atoms with van der Waals surface area (Å²) in [5.74, 6) is -1.12. The van der Waals surface area contributed by atoms with Gasteiger partial charge in [-0.05, 0) is 68.7 Å². The van der Waals surface area contributed by atoms with E-state index in [4.69, 9.17) is 16.3 Å². The van der Waals surface area contributed by atoms with Crippen molar-refractivity contribution in [2.45, 2.75) is 69.1 Å². The zero-order valence-corrected chi connectivity index (χ0v) is 18.7. The van der Waals surface area contributed by atoms with E-state index < -0.39 is 41.3 Å². The Morgan fingerprint density at radius 1 is 1.09 bits per heavy atom. The van der Waals surface area contributed by atoms with Crippen LogP contribution < -0.4 is 20.9 Å². The lowest BCUT2D eigenvalue weighted by Gasteiger charge is -2.69. The van der Waals surface area contributed by atoms with E-state index in [-0.39, 0.29) is 24.7 Å². The zero-order valence-electron chi connectivity index (χ0n) is 18.0. The Balaban J connectivity index is 1.04. The van der Waals surface area contributed by atoms with Crippen molar-refractivity contribution in [1.29, 1.82) is 0 Å². The van der Waals surface area contributed by atoms with Crippen LogP contribution in [0.3, 0.4) is 0 Å². The molecule has 1 aromatic rings. The van der Waals surface area contributed by atoms with Crippen molar-refractivity contribution >= 4 is 29.3 Å². The van der Waals surface area contributed by atoms with E-state index in [9.17, 15) is 27.6 Å². The minimum atomic E-state index is -4.72. The van der Waals surface area contributed by atoms with Gasteiger partial charge in [-0.2, -0.15) is 0 Å². The molecule has 34 heavy (non-hydrogen) atoms. The minimum absolute atomic E-state index is 0.0533. The highest BCUT2D eigenvalue weighted by molar-refractivity contribution is 6.30. The van der Waals surface area contributed by atoms with E-state index >= 15 is 0 Å². The van der Waals surface area contributed by atoms with Gasteiger partial charge in [0.05, 0.1) is 11.5 Å². The smallest absolute Gasteiger partial charge is 0.480 e. The van der Waals surface area contributed by atoms with Crippen molar-refractivity contribution in [2.75, 3.05) is 0 Å². The molecule has 4 aliphatic carbocycles. The average Bonchev–Trinajstić information content (AvgIpc) is 2.68. The summed E-state index contributed by atoms with van der Waals surface area (Å²) in [4.78, 5) is 37.3. The fourth-order valence-electron chi connectivity index (χ4n) is 5.46. The summed E-state index contributed by atoms with van der Waals surface area (Å²) >= 11 is 5.99. The van der Waals surface area contributed by atoms with Crippen molar-refractivity contribution in [3.8, 4) is 5.75 Å². The molecule has 1 heterocycles. The van der Waals surface area contributed by atoms with E-state index in [1.54, 1.807) is 12.1 Å². The second-order valence-electron chi connectivity index (χ2n) is 9.77. The van der Waals surface area contributed by atoms with Gasteiger partial charge in [0, 0.05) is 16.5 Å². The monoisotopic (exact) mass is 501 g/mol. The van der Waals surface area contributed by atoms with Gasteiger partial charge in [-0.1, -0.05) is 11.6 Å². The van der Waals surface area contributed by atoms with Gasteiger partial charge in [0.15, 0.2) is 6.10 Å². The number of carbonyl (C=O) groups is 3. The number of carbonyl (C=O) groups excluding carboxylic acids is 3. The quantitative estimate of drug-likeness (QED) is 0.538. The van der Waals surface area contributed by atoms with Crippen LogP contribution in [-0.4, -0.2) is 41.8 Å². The van der Waals surface area contributed by atoms with Crippen LogP contribution in [0, 0.1) is 11.3 Å². The first-order valence-electron chi connectivity index (χ1n) is 11.1. The SMILES string of the molecule is O=C(NNC(=O)C12CC(NC(=O)C3CCc4cc(Cl)ccc4O3)(C1)C2)C1CC(OC(F)(F)F)C1. The third-order valence-electron chi connectivity index (χ3n) is 7.23. The summed E-state index contributed by atoms with van der Waals surface area (Å²) in [6.07, 6.45) is -3.90. The molecule has 1 aliphatic heterocycles. The maximum atomic E-state index is 12.7. The molecular weight excluding hydrogens is 479 g/mol. The highest BCUT2D eigenvalue weighted by atomic mass is 35.5. The summed E-state index contributed by atoms with van der Waals surface area (Å²) in [6, 6.07) is 5.29. The Bertz CT molecular complexity index is 1020. The lowest BCUT2D eigenvalue weighted by atomic mass is 9.39. The fourth-order valence-corrected chi connectivity index (χ4v) is 5.66. The molecule has 0 spiro atoms. The predicted octanol–water partition coefficient (Wildman–Crippen LogP) is 2.53. The summed E-state index contributed by atoms with van der Waals surface area (Å²) in [5, 5.41) is 3.63. The second kappa shape index (κ2) is 8.01. The van der Waals surface area contributed by atoms with E-state index in [2.05, 4.69) is 20.9 Å². The average molecular weight is 502 g/mol. The Hall–Kier alpha value is -2.53. The molecule has 3 N–H and O–H groups in total. The number of halogens is 4. The van der Waals surface area contributed by atoms with Crippen LogP contribution in [0.15, 0.2) is 18.2 Å². The van der Waals surface area contributed by atoms with E-state index in [0.29, 0.717) is 42.9 Å². The molecule has 2 bridgehead atoms. The zero-order chi connectivity index (χ0) is 24.3. The molecule has 0 saturated heterocycles. The van der Waals surface area contributed by atoms with Gasteiger partial charge in [-0.25, -0.2) is 0 Å². The van der Waals surface area contributed by atoms with Gasteiger partial charge in [-0.3, -0.25) is 30.0 Å². The molecule has 5 aliphatic rings. The number of fused-ring (bicyclic) bond motifs is 1. The van der Waals surface area contributed by atoms with Crippen LogP contribution in [-0.2, 0) is 25.5 Å². The number of rotatable bonds is 5. The molecule has 0 radical (unpaired) electrons. The Kier molecular flexibility index (Phi) is 5.47. The number of nitrogens with one attached hydrogen (secondary N) is 3. The fraction of sp³-hybridized carbons (Fsp3) is 0.591. The first-order valence-corrected chi connectivity index (χ1v) is 11.5. The Labute approximate surface area is 197 Å². The molecule has 12 heteroatoms. The number of amides is 3. The molecular formula is C22H23ClF3N3O5. The number of hydrazine groups is 1. The Morgan fingerprint density at radius 3 is 2.47 bits per heavy atom. The summed E-state index contributed by atoms with van der Waals surface area (Å²) in [5.41, 5.74) is 4.53. The molecule has 6 rings (SSSR count). The van der Waals surface area contributed by atoms with Crippen molar-refractivity contribution < 1.29 is 37.0 Å². The standard InChI is InChI=1S/C22H23ClF3N3O5/c23-13-2-4-15-11(5-13)1-3-16(33-15)18(31)27-21-8-20(9-21,10-21)19(32)29-28-17(30)12-6-14(7-12)34-22(24,25)26/h2,4-5,12,14,16H,1,3,6-10H2,(H,27,31)(H,28,30)(H,29,32). The lowest BCUT2D eigenvalue weighted by molar-refractivity contribution is -0.353. The number of hydrogen-bond acceptors (Lipinski definition) is 5. The molecule has 1 unspecified atom stereocenters. The van der Waals surface area contributed by atoms with Gasteiger partial charge in [-0.15, -0.1) is 13.2 Å². The van der Waals surface area contributed by atoms with E-state index in [1.807, 2.05) is 6.07 Å². The van der Waals surface area contributed by atoms with Crippen molar-refractivity contribution in [3.05, 3.63) is 28.8 Å². The molecule has 3 amide bonds. The van der Waals surface area contributed by atoms with Crippen LogP contribution in [0.5, 0.6) is 5.75 Å². The first kappa shape index (κ1) is 23.2. The number of alkyl halides is 3. The third kappa shape index (κ3) is 4.31. The maximum Gasteiger partial charge on any atom is 0.522 e. The van der Waals surface area contributed by atoms with Crippen LogP contribution in [0.1, 0.15) is 44.1 Å². The normalized spacial score (nSPS) is 33.1. The Morgan fingerprint density at radius 2 is 1.79 bits per heavy atom.